The molecule has 0 fully saturated rings. The molecule has 1 aromatic heterocycles. The highest BCUT2D eigenvalue weighted by molar-refractivity contribution is 7.15. The molecule has 0 aromatic carbocycles. The number of hydrogen-bond acceptors (Lipinski definition) is 4. The van der Waals surface area contributed by atoms with E-state index in [2.05, 4.69) is 6.92 Å². The smallest absolute Gasteiger partial charge is 0.345 e. The normalized spacial score (nSPS) is 12.4. The average Bonchev–Trinajstić information content (AvgIpc) is 2.72. The van der Waals surface area contributed by atoms with Crippen LogP contribution in [0.3, 0.4) is 0 Å². The lowest BCUT2D eigenvalue weighted by Crippen LogP contribution is -2.12. The number of carboxylic acids is 1. The van der Waals surface area contributed by atoms with Crippen LogP contribution in [-0.2, 0) is 4.74 Å². The zero-order valence-corrected chi connectivity index (χ0v) is 10.3. The third-order valence-electron chi connectivity index (χ3n) is 2.10. The lowest BCUT2D eigenvalue weighted by Gasteiger charge is -2.10. The second kappa shape index (κ2) is 6.50. The number of carboxylic acid groups (broad SMARTS) is 1. The first kappa shape index (κ1) is 13.0. The van der Waals surface area contributed by atoms with Crippen LogP contribution >= 0.6 is 11.3 Å². The largest absolute Gasteiger partial charge is 0.482 e. The SMILES string of the molecule is CCC(C)OCCOc1ccc(C(=O)O)s1. The summed E-state index contributed by atoms with van der Waals surface area (Å²) >= 11 is 1.13. The van der Waals surface area contributed by atoms with E-state index >= 15 is 0 Å². The number of thiophene rings is 1. The molecule has 5 heteroatoms. The molecule has 1 aromatic rings. The van der Waals surface area contributed by atoms with Crippen molar-refractivity contribution in [1.82, 2.24) is 0 Å². The third-order valence-corrected chi connectivity index (χ3v) is 3.08. The second-order valence-electron chi connectivity index (χ2n) is 3.36. The van der Waals surface area contributed by atoms with Crippen LogP contribution in [-0.4, -0.2) is 30.4 Å². The number of aromatic carboxylic acids is 1. The van der Waals surface area contributed by atoms with Crippen molar-refractivity contribution in [1.29, 1.82) is 0 Å². The molecule has 0 bridgehead atoms. The Morgan fingerprint density at radius 1 is 1.50 bits per heavy atom. The van der Waals surface area contributed by atoms with Crippen molar-refractivity contribution in [3.8, 4) is 5.06 Å². The maximum Gasteiger partial charge on any atom is 0.345 e. The highest BCUT2D eigenvalue weighted by Crippen LogP contribution is 2.24. The topological polar surface area (TPSA) is 55.8 Å². The van der Waals surface area contributed by atoms with Gasteiger partial charge in [0.05, 0.1) is 12.7 Å². The van der Waals surface area contributed by atoms with Crippen molar-refractivity contribution in [3.05, 3.63) is 17.0 Å². The fraction of sp³-hybridized carbons (Fsp3) is 0.545. The summed E-state index contributed by atoms with van der Waals surface area (Å²) < 4.78 is 10.8. The van der Waals surface area contributed by atoms with Crippen LogP contribution < -0.4 is 4.74 Å². The number of hydrogen-bond donors (Lipinski definition) is 1. The van der Waals surface area contributed by atoms with Gasteiger partial charge in [0.1, 0.15) is 11.5 Å². The fourth-order valence-corrected chi connectivity index (χ4v) is 1.74. The number of rotatable bonds is 7. The van der Waals surface area contributed by atoms with Crippen molar-refractivity contribution in [2.75, 3.05) is 13.2 Å². The highest BCUT2D eigenvalue weighted by Gasteiger charge is 2.07. The standard InChI is InChI=1S/C11H16O4S/c1-3-8(2)14-6-7-15-10-5-4-9(16-10)11(12)13/h4-5,8H,3,6-7H2,1-2H3,(H,12,13). The van der Waals surface area contributed by atoms with Crippen LogP contribution in [0.1, 0.15) is 29.9 Å². The van der Waals surface area contributed by atoms with Gasteiger partial charge in [0, 0.05) is 0 Å². The van der Waals surface area contributed by atoms with Crippen molar-refractivity contribution >= 4 is 17.3 Å². The predicted molar refractivity (Wildman–Crippen MR) is 62.5 cm³/mol. The van der Waals surface area contributed by atoms with Gasteiger partial charge in [-0.3, -0.25) is 0 Å². The van der Waals surface area contributed by atoms with E-state index in [1.807, 2.05) is 6.92 Å². The first-order valence-corrected chi connectivity index (χ1v) is 6.02. The molecular weight excluding hydrogens is 228 g/mol. The Hall–Kier alpha value is -1.07. The van der Waals surface area contributed by atoms with E-state index in [0.29, 0.717) is 18.3 Å². The number of carbonyl (C=O) groups is 1. The Bertz CT molecular complexity index is 334. The molecule has 1 unspecified atom stereocenters. The summed E-state index contributed by atoms with van der Waals surface area (Å²) in [6.07, 6.45) is 1.21. The van der Waals surface area contributed by atoms with Gasteiger partial charge in [0.2, 0.25) is 0 Å². The van der Waals surface area contributed by atoms with Gasteiger partial charge in [-0.25, -0.2) is 4.79 Å². The second-order valence-corrected chi connectivity index (χ2v) is 4.41. The minimum Gasteiger partial charge on any atom is -0.482 e. The Labute approximate surface area is 98.8 Å². The minimum atomic E-state index is -0.921. The van der Waals surface area contributed by atoms with Gasteiger partial charge in [0.25, 0.3) is 0 Å². The third kappa shape index (κ3) is 4.20. The molecule has 90 valence electrons. The summed E-state index contributed by atoms with van der Waals surface area (Å²) in [5, 5.41) is 9.32. The van der Waals surface area contributed by atoms with Crippen LogP contribution in [0.4, 0.5) is 0 Å². The first-order valence-electron chi connectivity index (χ1n) is 5.21. The summed E-state index contributed by atoms with van der Waals surface area (Å²) in [6, 6.07) is 3.20. The molecule has 0 radical (unpaired) electrons. The monoisotopic (exact) mass is 244 g/mol. The van der Waals surface area contributed by atoms with Gasteiger partial charge in [-0.15, -0.1) is 0 Å². The van der Waals surface area contributed by atoms with Gasteiger partial charge in [-0.05, 0) is 25.5 Å². The quantitative estimate of drug-likeness (QED) is 0.749. The molecule has 1 N–H and O–H groups in total. The van der Waals surface area contributed by atoms with Crippen LogP contribution in [0.15, 0.2) is 12.1 Å². The van der Waals surface area contributed by atoms with Crippen LogP contribution in [0.25, 0.3) is 0 Å². The van der Waals surface area contributed by atoms with Crippen molar-refractivity contribution in [3.63, 3.8) is 0 Å². The molecule has 1 heterocycles. The molecule has 0 aliphatic carbocycles. The number of ether oxygens (including phenoxy) is 2. The van der Waals surface area contributed by atoms with E-state index in [1.54, 1.807) is 6.07 Å². The summed E-state index contributed by atoms with van der Waals surface area (Å²) in [7, 11) is 0. The lowest BCUT2D eigenvalue weighted by atomic mass is 10.3. The summed E-state index contributed by atoms with van der Waals surface area (Å²) in [5.41, 5.74) is 0. The van der Waals surface area contributed by atoms with Gasteiger partial charge >= 0.3 is 5.97 Å². The van der Waals surface area contributed by atoms with E-state index in [-0.39, 0.29) is 11.0 Å². The van der Waals surface area contributed by atoms with Crippen molar-refractivity contribution in [2.45, 2.75) is 26.4 Å². The van der Waals surface area contributed by atoms with E-state index in [1.165, 1.54) is 6.07 Å². The molecule has 0 aliphatic heterocycles. The van der Waals surface area contributed by atoms with E-state index in [9.17, 15) is 4.79 Å². The van der Waals surface area contributed by atoms with E-state index < -0.39 is 5.97 Å². The molecule has 4 nitrogen and oxygen atoms in total. The van der Waals surface area contributed by atoms with Gasteiger partial charge in [-0.2, -0.15) is 0 Å². The first-order chi connectivity index (χ1) is 7.63. The molecular formula is C11H16O4S. The fourth-order valence-electron chi connectivity index (χ4n) is 1.02. The Kier molecular flexibility index (Phi) is 5.28. The molecule has 0 spiro atoms. The van der Waals surface area contributed by atoms with E-state index in [0.717, 1.165) is 17.8 Å². The Balaban J connectivity index is 2.24. The molecule has 16 heavy (non-hydrogen) atoms. The molecule has 0 amide bonds. The molecule has 0 saturated carbocycles. The van der Waals surface area contributed by atoms with Crippen LogP contribution in [0.5, 0.6) is 5.06 Å². The maximum absolute atomic E-state index is 10.6. The molecule has 0 saturated heterocycles. The van der Waals surface area contributed by atoms with Crippen LogP contribution in [0.2, 0.25) is 0 Å². The summed E-state index contributed by atoms with van der Waals surface area (Å²) in [4.78, 5) is 10.9. The van der Waals surface area contributed by atoms with E-state index in [4.69, 9.17) is 14.6 Å². The van der Waals surface area contributed by atoms with Crippen molar-refractivity contribution < 1.29 is 19.4 Å². The highest BCUT2D eigenvalue weighted by atomic mass is 32.1. The lowest BCUT2D eigenvalue weighted by molar-refractivity contribution is 0.0434. The Morgan fingerprint density at radius 2 is 2.25 bits per heavy atom. The molecule has 1 atom stereocenters. The maximum atomic E-state index is 10.6. The average molecular weight is 244 g/mol. The van der Waals surface area contributed by atoms with Gasteiger partial charge in [-0.1, -0.05) is 18.3 Å². The zero-order valence-electron chi connectivity index (χ0n) is 9.43. The summed E-state index contributed by atoms with van der Waals surface area (Å²) in [5.74, 6) is -0.921. The molecule has 1 rings (SSSR count). The zero-order chi connectivity index (χ0) is 12.0. The predicted octanol–water partition coefficient (Wildman–Crippen LogP) is 2.64. The van der Waals surface area contributed by atoms with Gasteiger partial charge < -0.3 is 14.6 Å². The van der Waals surface area contributed by atoms with Crippen molar-refractivity contribution in [2.24, 2.45) is 0 Å². The minimum absolute atomic E-state index is 0.238. The van der Waals surface area contributed by atoms with Crippen LogP contribution in [0, 0.1) is 0 Å². The van der Waals surface area contributed by atoms with Gasteiger partial charge in [0.15, 0.2) is 5.06 Å². The Morgan fingerprint density at radius 3 is 2.81 bits per heavy atom. The molecule has 0 aliphatic rings. The summed E-state index contributed by atoms with van der Waals surface area (Å²) in [6.45, 7) is 5.04.